The zero-order chi connectivity index (χ0) is 14.5. The van der Waals surface area contributed by atoms with E-state index in [9.17, 15) is 4.79 Å². The van der Waals surface area contributed by atoms with Crippen LogP contribution < -0.4 is 15.5 Å². The van der Waals surface area contributed by atoms with Gasteiger partial charge in [0.2, 0.25) is 5.91 Å². The Morgan fingerprint density at radius 1 is 1.50 bits per heavy atom. The van der Waals surface area contributed by atoms with E-state index in [1.807, 2.05) is 30.1 Å². The van der Waals surface area contributed by atoms with E-state index in [4.69, 9.17) is 16.3 Å². The van der Waals surface area contributed by atoms with Crippen LogP contribution in [0.25, 0.3) is 0 Å². The molecule has 1 aromatic carbocycles. The summed E-state index contributed by atoms with van der Waals surface area (Å²) >= 11 is 6.37. The fourth-order valence-electron chi connectivity index (χ4n) is 2.47. The Balaban J connectivity index is 2.39. The van der Waals surface area contributed by atoms with Crippen molar-refractivity contribution in [2.45, 2.75) is 12.6 Å². The van der Waals surface area contributed by atoms with Crippen molar-refractivity contribution in [3.8, 4) is 0 Å². The summed E-state index contributed by atoms with van der Waals surface area (Å²) in [5.41, 5.74) is 2.00. The second kappa shape index (κ2) is 6.92. The fourth-order valence-corrected chi connectivity index (χ4v) is 2.77. The molecule has 0 radical (unpaired) electrons. The van der Waals surface area contributed by atoms with E-state index >= 15 is 0 Å². The van der Waals surface area contributed by atoms with Crippen molar-refractivity contribution in [1.29, 1.82) is 0 Å². The number of rotatable bonds is 4. The van der Waals surface area contributed by atoms with E-state index in [0.29, 0.717) is 31.3 Å². The molecule has 0 aliphatic carbocycles. The molecule has 0 saturated carbocycles. The van der Waals surface area contributed by atoms with Crippen LogP contribution in [0.1, 0.15) is 5.56 Å². The van der Waals surface area contributed by atoms with Gasteiger partial charge in [-0.1, -0.05) is 23.7 Å². The Labute approximate surface area is 124 Å². The number of hydrogen-bond donors (Lipinski definition) is 2. The summed E-state index contributed by atoms with van der Waals surface area (Å²) < 4.78 is 5.44. The molecular formula is C14H20ClN3O2. The predicted octanol–water partition coefficient (Wildman–Crippen LogP) is 1.01. The van der Waals surface area contributed by atoms with E-state index < -0.39 is 0 Å². The minimum Gasteiger partial charge on any atom is -0.377 e. The van der Waals surface area contributed by atoms with Gasteiger partial charge in [0.25, 0.3) is 0 Å². The number of morpholine rings is 1. The zero-order valence-corrected chi connectivity index (χ0v) is 12.5. The van der Waals surface area contributed by atoms with Crippen LogP contribution >= 0.6 is 11.6 Å². The van der Waals surface area contributed by atoms with Crippen LogP contribution in [0.3, 0.4) is 0 Å². The highest BCUT2D eigenvalue weighted by Crippen LogP contribution is 2.32. The lowest BCUT2D eigenvalue weighted by Crippen LogP contribution is -2.53. The Kier molecular flexibility index (Phi) is 5.23. The van der Waals surface area contributed by atoms with Gasteiger partial charge >= 0.3 is 0 Å². The molecule has 2 N–H and O–H groups in total. The lowest BCUT2D eigenvalue weighted by molar-refractivity contribution is -0.124. The van der Waals surface area contributed by atoms with Crippen molar-refractivity contribution >= 4 is 23.2 Å². The van der Waals surface area contributed by atoms with Crippen molar-refractivity contribution in [2.24, 2.45) is 0 Å². The van der Waals surface area contributed by atoms with Gasteiger partial charge < -0.3 is 20.3 Å². The summed E-state index contributed by atoms with van der Waals surface area (Å²) in [6.07, 6.45) is 0. The first-order chi connectivity index (χ1) is 9.69. The summed E-state index contributed by atoms with van der Waals surface area (Å²) in [6.45, 7) is 2.33. The minimum absolute atomic E-state index is 0.0555. The van der Waals surface area contributed by atoms with Gasteiger partial charge in [0.15, 0.2) is 0 Å². The minimum atomic E-state index is -0.343. The van der Waals surface area contributed by atoms with Crippen molar-refractivity contribution in [3.63, 3.8) is 0 Å². The molecule has 5 nitrogen and oxygen atoms in total. The molecule has 1 aliphatic rings. The monoisotopic (exact) mass is 297 g/mol. The number of halogens is 1. The van der Waals surface area contributed by atoms with Crippen LogP contribution in [0.5, 0.6) is 0 Å². The molecule has 0 aromatic heterocycles. The smallest absolute Gasteiger partial charge is 0.244 e. The maximum absolute atomic E-state index is 12.0. The molecule has 1 saturated heterocycles. The molecule has 1 unspecified atom stereocenters. The number of nitrogens with one attached hydrogen (secondary N) is 2. The van der Waals surface area contributed by atoms with Crippen LogP contribution in [-0.4, -0.2) is 45.8 Å². The Morgan fingerprint density at radius 2 is 2.30 bits per heavy atom. The lowest BCUT2D eigenvalue weighted by Gasteiger charge is -2.37. The van der Waals surface area contributed by atoms with Crippen LogP contribution in [0.15, 0.2) is 18.2 Å². The van der Waals surface area contributed by atoms with Gasteiger partial charge in [-0.2, -0.15) is 0 Å². The van der Waals surface area contributed by atoms with E-state index in [2.05, 4.69) is 10.6 Å². The summed E-state index contributed by atoms with van der Waals surface area (Å²) in [4.78, 5) is 14.1. The molecular weight excluding hydrogens is 278 g/mol. The molecule has 1 amide bonds. The molecule has 1 heterocycles. The van der Waals surface area contributed by atoms with Crippen molar-refractivity contribution in [3.05, 3.63) is 28.8 Å². The van der Waals surface area contributed by atoms with Gasteiger partial charge in [-0.15, -0.1) is 0 Å². The number of anilines is 1. The first-order valence-electron chi connectivity index (χ1n) is 6.67. The Hall–Kier alpha value is -1.30. The van der Waals surface area contributed by atoms with Crippen molar-refractivity contribution < 1.29 is 9.53 Å². The SMILES string of the molecule is CNCc1cccc(Cl)c1N1CCOCC1C(=O)NC. The molecule has 20 heavy (non-hydrogen) atoms. The number of likely N-dealkylation sites (N-methyl/N-ethyl adjacent to an activating group) is 1. The maximum atomic E-state index is 12.0. The third-order valence-electron chi connectivity index (χ3n) is 3.40. The molecule has 1 aromatic rings. The topological polar surface area (TPSA) is 53.6 Å². The normalized spacial score (nSPS) is 18.9. The second-order valence-corrected chi connectivity index (χ2v) is 5.08. The summed E-state index contributed by atoms with van der Waals surface area (Å²) in [6, 6.07) is 5.46. The van der Waals surface area contributed by atoms with E-state index in [1.54, 1.807) is 7.05 Å². The van der Waals surface area contributed by atoms with Gasteiger partial charge in [-0.25, -0.2) is 0 Å². The third-order valence-corrected chi connectivity index (χ3v) is 3.71. The quantitative estimate of drug-likeness (QED) is 0.871. The van der Waals surface area contributed by atoms with Gasteiger partial charge in [0.1, 0.15) is 6.04 Å². The fraction of sp³-hybridized carbons (Fsp3) is 0.500. The molecule has 110 valence electrons. The zero-order valence-electron chi connectivity index (χ0n) is 11.8. The third kappa shape index (κ3) is 3.06. The first kappa shape index (κ1) is 15.1. The molecule has 0 bridgehead atoms. The molecule has 0 spiro atoms. The lowest BCUT2D eigenvalue weighted by atomic mass is 10.1. The number of para-hydroxylation sites is 1. The van der Waals surface area contributed by atoms with Gasteiger partial charge in [-0.3, -0.25) is 4.79 Å². The van der Waals surface area contributed by atoms with Crippen LogP contribution in [0.2, 0.25) is 5.02 Å². The van der Waals surface area contributed by atoms with Gasteiger partial charge in [0, 0.05) is 20.1 Å². The first-order valence-corrected chi connectivity index (χ1v) is 7.04. The van der Waals surface area contributed by atoms with E-state index in [-0.39, 0.29) is 11.9 Å². The van der Waals surface area contributed by atoms with Gasteiger partial charge in [-0.05, 0) is 18.7 Å². The molecule has 2 rings (SSSR count). The van der Waals surface area contributed by atoms with Gasteiger partial charge in [0.05, 0.1) is 23.9 Å². The summed E-state index contributed by atoms with van der Waals surface area (Å²) in [7, 11) is 3.52. The van der Waals surface area contributed by atoms with Crippen molar-refractivity contribution in [2.75, 3.05) is 38.8 Å². The largest absolute Gasteiger partial charge is 0.377 e. The average Bonchev–Trinajstić information content (AvgIpc) is 2.47. The number of nitrogens with zero attached hydrogens (tertiary/aromatic N) is 1. The van der Waals surface area contributed by atoms with Crippen LogP contribution in [-0.2, 0) is 16.1 Å². The molecule has 1 aliphatic heterocycles. The summed E-state index contributed by atoms with van der Waals surface area (Å²) in [5.74, 6) is -0.0555. The number of hydrogen-bond acceptors (Lipinski definition) is 4. The number of carbonyl (C=O) groups excluding carboxylic acids is 1. The highest BCUT2D eigenvalue weighted by Gasteiger charge is 2.31. The Bertz CT molecular complexity index is 481. The highest BCUT2D eigenvalue weighted by atomic mass is 35.5. The predicted molar refractivity (Wildman–Crippen MR) is 80.2 cm³/mol. The van der Waals surface area contributed by atoms with Crippen molar-refractivity contribution in [1.82, 2.24) is 10.6 Å². The van der Waals surface area contributed by atoms with Crippen LogP contribution in [0.4, 0.5) is 5.69 Å². The maximum Gasteiger partial charge on any atom is 0.244 e. The molecule has 6 heteroatoms. The standard InChI is InChI=1S/C14H20ClN3O2/c1-16-8-10-4-3-5-11(15)13(10)18-6-7-20-9-12(18)14(19)17-2/h3-5,12,16H,6-9H2,1-2H3,(H,17,19). The van der Waals surface area contributed by atoms with Crippen LogP contribution in [0, 0.1) is 0 Å². The molecule has 1 atom stereocenters. The number of benzene rings is 1. The number of ether oxygens (including phenoxy) is 1. The number of carbonyl (C=O) groups is 1. The van der Waals surface area contributed by atoms with E-state index in [0.717, 1.165) is 11.3 Å². The highest BCUT2D eigenvalue weighted by molar-refractivity contribution is 6.33. The van der Waals surface area contributed by atoms with E-state index in [1.165, 1.54) is 0 Å². The molecule has 1 fully saturated rings. The average molecular weight is 298 g/mol. The number of amides is 1. The summed E-state index contributed by atoms with van der Waals surface area (Å²) in [5, 5.41) is 6.48. The Morgan fingerprint density at radius 3 is 3.00 bits per heavy atom. The second-order valence-electron chi connectivity index (χ2n) is 4.68.